The van der Waals surface area contributed by atoms with E-state index < -0.39 is 12.0 Å². The highest BCUT2D eigenvalue weighted by Crippen LogP contribution is 2.23. The van der Waals surface area contributed by atoms with Crippen LogP contribution in [0, 0.1) is 6.42 Å². The molecule has 1 atom stereocenters. The molecule has 1 radical (unpaired) electrons. The van der Waals surface area contributed by atoms with E-state index in [0.29, 0.717) is 29.5 Å². The fraction of sp³-hybridized carbons (Fsp3) is 0.167. The van der Waals surface area contributed by atoms with Crippen molar-refractivity contribution in [3.05, 3.63) is 72.0 Å². The summed E-state index contributed by atoms with van der Waals surface area (Å²) in [7, 11) is 0. The number of amides is 1. The molecule has 1 unspecified atom stereocenters. The molecule has 117 valence electrons. The summed E-state index contributed by atoms with van der Waals surface area (Å²) in [4.78, 5) is 15.6. The molecule has 5 nitrogen and oxygen atoms in total. The topological polar surface area (TPSA) is 89.4 Å². The highest BCUT2D eigenvalue weighted by molar-refractivity contribution is 5.94. The second-order valence-electron chi connectivity index (χ2n) is 5.26. The Morgan fingerprint density at radius 1 is 1.22 bits per heavy atom. The average Bonchev–Trinajstić information content (AvgIpc) is 2.99. The Kier molecular flexibility index (Phi) is 4.39. The molecule has 0 saturated carbocycles. The molecule has 0 bridgehead atoms. The fourth-order valence-corrected chi connectivity index (χ4v) is 2.49. The van der Waals surface area contributed by atoms with Crippen molar-refractivity contribution < 1.29 is 14.3 Å². The Morgan fingerprint density at radius 2 is 1.96 bits per heavy atom. The summed E-state index contributed by atoms with van der Waals surface area (Å²) >= 11 is 0. The van der Waals surface area contributed by atoms with Crippen LogP contribution in [0.1, 0.15) is 34.3 Å². The number of nitrogens with zero attached hydrogens (tertiary/aromatic N) is 1. The molecule has 0 aliphatic rings. The number of aromatic nitrogens is 1. The number of oxazole rings is 1. The van der Waals surface area contributed by atoms with E-state index in [2.05, 4.69) is 4.98 Å². The third-order valence-electron chi connectivity index (χ3n) is 3.65. The lowest BCUT2D eigenvalue weighted by molar-refractivity contribution is 0.0999. The highest BCUT2D eigenvalue weighted by atomic mass is 16.4. The zero-order valence-corrected chi connectivity index (χ0v) is 12.5. The minimum Gasteiger partial charge on any atom is -0.438 e. The lowest BCUT2D eigenvalue weighted by atomic mass is 10.0. The Morgan fingerprint density at radius 3 is 2.74 bits per heavy atom. The minimum atomic E-state index is -0.886. The molecule has 3 aromatic rings. The van der Waals surface area contributed by atoms with E-state index in [1.54, 1.807) is 18.6 Å². The van der Waals surface area contributed by atoms with Gasteiger partial charge in [0.25, 0.3) is 0 Å². The van der Waals surface area contributed by atoms with E-state index in [4.69, 9.17) is 10.2 Å². The number of carbonyl (C=O) groups excluding carboxylic acids is 1. The maximum atomic E-state index is 11.4. The van der Waals surface area contributed by atoms with Gasteiger partial charge < -0.3 is 15.3 Å². The number of fused-ring (bicyclic) bond motifs is 1. The van der Waals surface area contributed by atoms with Gasteiger partial charge >= 0.3 is 0 Å². The first-order chi connectivity index (χ1) is 11.1. The third-order valence-corrected chi connectivity index (χ3v) is 3.65. The van der Waals surface area contributed by atoms with E-state index in [-0.39, 0.29) is 5.89 Å². The number of hydrogen-bond acceptors (Lipinski definition) is 4. The number of aliphatic hydroxyl groups excluding tert-OH is 1. The first kappa shape index (κ1) is 15.2. The predicted molar refractivity (Wildman–Crippen MR) is 86.5 cm³/mol. The normalized spacial score (nSPS) is 12.4. The molecule has 2 aromatic carbocycles. The lowest BCUT2D eigenvalue weighted by Gasteiger charge is -2.08. The number of carbonyl (C=O) groups is 1. The number of para-hydroxylation sites is 2. The molecule has 0 fully saturated rings. The van der Waals surface area contributed by atoms with Gasteiger partial charge in [0, 0.05) is 5.56 Å². The molecule has 3 N–H and O–H groups in total. The molecular weight excluding hydrogens is 292 g/mol. The first-order valence-electron chi connectivity index (χ1n) is 7.39. The molecule has 0 saturated heterocycles. The van der Waals surface area contributed by atoms with Gasteiger partial charge in [-0.2, -0.15) is 0 Å². The van der Waals surface area contributed by atoms with Gasteiger partial charge in [-0.15, -0.1) is 0 Å². The molecule has 5 heteroatoms. The van der Waals surface area contributed by atoms with Crippen molar-refractivity contribution in [2.24, 2.45) is 5.73 Å². The Bertz CT molecular complexity index is 793. The van der Waals surface area contributed by atoms with Crippen LogP contribution in [0.2, 0.25) is 0 Å². The van der Waals surface area contributed by atoms with Crippen molar-refractivity contribution in [2.45, 2.75) is 18.9 Å². The van der Waals surface area contributed by atoms with Crippen molar-refractivity contribution >= 4 is 17.0 Å². The van der Waals surface area contributed by atoms with E-state index in [0.717, 1.165) is 5.56 Å². The van der Waals surface area contributed by atoms with E-state index in [9.17, 15) is 9.90 Å². The van der Waals surface area contributed by atoms with Gasteiger partial charge in [0.05, 0.1) is 0 Å². The maximum Gasteiger partial charge on any atom is 0.248 e. The quantitative estimate of drug-likeness (QED) is 0.732. The molecule has 1 aromatic heterocycles. The molecule has 0 aliphatic heterocycles. The van der Waals surface area contributed by atoms with Crippen LogP contribution in [0.25, 0.3) is 11.1 Å². The van der Waals surface area contributed by atoms with E-state index >= 15 is 0 Å². The smallest absolute Gasteiger partial charge is 0.248 e. The average molecular weight is 309 g/mol. The molecule has 0 aliphatic carbocycles. The molecule has 1 amide bonds. The summed E-state index contributed by atoms with van der Waals surface area (Å²) in [6.07, 6.45) is 2.01. The van der Waals surface area contributed by atoms with Gasteiger partial charge in [-0.25, -0.2) is 4.98 Å². The first-order valence-corrected chi connectivity index (χ1v) is 7.39. The van der Waals surface area contributed by atoms with Crippen LogP contribution in [-0.2, 0) is 6.42 Å². The summed E-state index contributed by atoms with van der Waals surface area (Å²) < 4.78 is 5.53. The molecule has 1 heterocycles. The van der Waals surface area contributed by atoms with Gasteiger partial charge in [0.2, 0.25) is 11.8 Å². The highest BCUT2D eigenvalue weighted by Gasteiger charge is 2.16. The number of aliphatic hydroxyl groups is 1. The number of benzene rings is 2. The minimum absolute atomic E-state index is 0.273. The summed E-state index contributed by atoms with van der Waals surface area (Å²) in [5.41, 5.74) is 8.09. The van der Waals surface area contributed by atoms with Gasteiger partial charge in [-0.1, -0.05) is 30.3 Å². The van der Waals surface area contributed by atoms with Crippen molar-refractivity contribution in [1.82, 2.24) is 4.98 Å². The van der Waals surface area contributed by atoms with Crippen molar-refractivity contribution in [3.63, 3.8) is 0 Å². The SMILES string of the molecule is NC(=O)c1ccccc1CC[CH]C(O)c1nc2ccccc2o1. The zero-order chi connectivity index (χ0) is 16.2. The number of nitrogens with two attached hydrogens (primary N) is 1. The molecule has 0 spiro atoms. The lowest BCUT2D eigenvalue weighted by Crippen LogP contribution is -2.13. The Hall–Kier alpha value is -2.66. The second-order valence-corrected chi connectivity index (χ2v) is 5.26. The third kappa shape index (κ3) is 3.40. The fourth-order valence-electron chi connectivity index (χ4n) is 2.49. The van der Waals surface area contributed by atoms with Crippen LogP contribution in [-0.4, -0.2) is 16.0 Å². The van der Waals surface area contributed by atoms with Crippen LogP contribution < -0.4 is 5.73 Å². The monoisotopic (exact) mass is 309 g/mol. The van der Waals surface area contributed by atoms with Crippen LogP contribution in [0.15, 0.2) is 52.9 Å². The number of hydrogen-bond donors (Lipinski definition) is 2. The Labute approximate surface area is 133 Å². The van der Waals surface area contributed by atoms with Crippen LogP contribution >= 0.6 is 0 Å². The van der Waals surface area contributed by atoms with Gasteiger partial charge in [0.15, 0.2) is 5.58 Å². The standard InChI is InChI=1S/C18H17N2O3/c19-17(22)13-8-2-1-6-12(13)7-5-10-15(21)18-20-14-9-3-4-11-16(14)23-18/h1-4,6,8-11,15,21H,5,7H2,(H2,19,22). The number of aryl methyl sites for hydroxylation is 1. The predicted octanol–water partition coefficient (Wildman–Crippen LogP) is 2.80. The van der Waals surface area contributed by atoms with Crippen molar-refractivity contribution in [3.8, 4) is 0 Å². The largest absolute Gasteiger partial charge is 0.438 e. The van der Waals surface area contributed by atoms with Crippen molar-refractivity contribution in [2.75, 3.05) is 0 Å². The molecule has 23 heavy (non-hydrogen) atoms. The van der Waals surface area contributed by atoms with Gasteiger partial charge in [0.1, 0.15) is 11.6 Å². The van der Waals surface area contributed by atoms with Crippen LogP contribution in [0.4, 0.5) is 0 Å². The summed E-state index contributed by atoms with van der Waals surface area (Å²) in [5, 5.41) is 10.2. The number of primary amides is 1. The van der Waals surface area contributed by atoms with Gasteiger partial charge in [-0.3, -0.25) is 4.79 Å². The summed E-state index contributed by atoms with van der Waals surface area (Å²) in [6.45, 7) is 0. The van der Waals surface area contributed by atoms with Crippen LogP contribution in [0.5, 0.6) is 0 Å². The molecular formula is C18H17N2O3. The Balaban J connectivity index is 1.63. The number of rotatable bonds is 6. The van der Waals surface area contributed by atoms with Crippen molar-refractivity contribution in [1.29, 1.82) is 0 Å². The summed E-state index contributed by atoms with van der Waals surface area (Å²) in [5.74, 6) is -0.172. The maximum absolute atomic E-state index is 11.4. The summed E-state index contributed by atoms with van der Waals surface area (Å²) in [6, 6.07) is 14.6. The van der Waals surface area contributed by atoms with Crippen LogP contribution in [0.3, 0.4) is 0 Å². The molecule has 3 rings (SSSR count). The second kappa shape index (κ2) is 6.62. The van der Waals surface area contributed by atoms with Gasteiger partial charge in [-0.05, 0) is 43.0 Å². The van der Waals surface area contributed by atoms with E-state index in [1.807, 2.05) is 36.4 Å². The van der Waals surface area contributed by atoms with E-state index in [1.165, 1.54) is 0 Å². The zero-order valence-electron chi connectivity index (χ0n) is 12.5.